The molecule has 0 aliphatic rings. The van der Waals surface area contributed by atoms with Gasteiger partial charge in [-0.3, -0.25) is 4.79 Å². The zero-order chi connectivity index (χ0) is 11.1. The Morgan fingerprint density at radius 3 is 2.43 bits per heavy atom. The first-order chi connectivity index (χ1) is 6.52. The van der Waals surface area contributed by atoms with Crippen molar-refractivity contribution in [2.24, 2.45) is 5.73 Å². The maximum absolute atomic E-state index is 11.2. The molecule has 2 atom stereocenters. The molecule has 0 radical (unpaired) electrons. The first-order valence-corrected chi connectivity index (χ1v) is 4.42. The maximum Gasteiger partial charge on any atom is 0.326 e. The van der Waals surface area contributed by atoms with Gasteiger partial charge in [0.1, 0.15) is 6.04 Å². The van der Waals surface area contributed by atoms with Crippen LogP contribution in [0.25, 0.3) is 0 Å². The average Bonchev–Trinajstić information content (AvgIpc) is 2.15. The predicted molar refractivity (Wildman–Crippen MR) is 49.5 cm³/mol. The molecule has 0 aromatic carbocycles. The van der Waals surface area contributed by atoms with Crippen molar-refractivity contribution in [1.29, 1.82) is 0 Å². The van der Waals surface area contributed by atoms with Crippen LogP contribution in [0, 0.1) is 0 Å². The lowest BCUT2D eigenvalue weighted by atomic mass is 10.1. The number of amides is 1. The quantitative estimate of drug-likeness (QED) is 0.428. The summed E-state index contributed by atoms with van der Waals surface area (Å²) in [7, 11) is 0. The number of aliphatic hydroxyl groups excluding tert-OH is 1. The van der Waals surface area contributed by atoms with Crippen LogP contribution in [0.15, 0.2) is 0 Å². The van der Waals surface area contributed by atoms with Gasteiger partial charge in [-0.25, -0.2) is 4.79 Å². The summed E-state index contributed by atoms with van der Waals surface area (Å²) < 4.78 is 0. The van der Waals surface area contributed by atoms with E-state index in [1.165, 1.54) is 0 Å². The third-order valence-electron chi connectivity index (χ3n) is 1.81. The molecule has 0 spiro atoms. The van der Waals surface area contributed by atoms with Crippen LogP contribution in [0.2, 0.25) is 0 Å². The van der Waals surface area contributed by atoms with E-state index in [9.17, 15) is 9.59 Å². The molecule has 0 aliphatic heterocycles. The first kappa shape index (κ1) is 12.9. The number of nitrogens with one attached hydrogen (secondary N) is 1. The summed E-state index contributed by atoms with van der Waals surface area (Å²) in [5.74, 6) is -1.68. The molecule has 1 amide bonds. The van der Waals surface area contributed by atoms with E-state index in [0.29, 0.717) is 6.42 Å². The van der Waals surface area contributed by atoms with E-state index in [-0.39, 0.29) is 13.0 Å². The number of nitrogens with two attached hydrogens (primary N) is 1. The molecule has 0 saturated heterocycles. The summed E-state index contributed by atoms with van der Waals surface area (Å²) in [4.78, 5) is 21.8. The summed E-state index contributed by atoms with van der Waals surface area (Å²) in [5, 5.41) is 19.4. The molecule has 0 bridgehead atoms. The van der Waals surface area contributed by atoms with Gasteiger partial charge in [-0.15, -0.1) is 0 Å². The first-order valence-electron chi connectivity index (χ1n) is 4.42. The van der Waals surface area contributed by atoms with Gasteiger partial charge in [-0.1, -0.05) is 6.92 Å². The summed E-state index contributed by atoms with van der Waals surface area (Å²) in [6.07, 6.45) is 0.425. The Bertz CT molecular complexity index is 208. The molecule has 0 saturated carbocycles. The van der Waals surface area contributed by atoms with Crippen molar-refractivity contribution in [3.63, 3.8) is 0 Å². The predicted octanol–water partition coefficient (Wildman–Crippen LogP) is -1.32. The SMILES string of the molecule is CCC(N)C(=O)N[C@@H](CCO)C(=O)O. The van der Waals surface area contributed by atoms with Crippen LogP contribution in [-0.2, 0) is 9.59 Å². The van der Waals surface area contributed by atoms with E-state index >= 15 is 0 Å². The fourth-order valence-electron chi connectivity index (χ4n) is 0.851. The van der Waals surface area contributed by atoms with Crippen molar-refractivity contribution in [3.05, 3.63) is 0 Å². The Labute approximate surface area is 82.1 Å². The van der Waals surface area contributed by atoms with Crippen molar-refractivity contribution in [2.75, 3.05) is 6.61 Å². The second-order valence-corrected chi connectivity index (χ2v) is 2.93. The van der Waals surface area contributed by atoms with Gasteiger partial charge in [0.25, 0.3) is 0 Å². The molecule has 82 valence electrons. The zero-order valence-electron chi connectivity index (χ0n) is 8.06. The monoisotopic (exact) mass is 204 g/mol. The molecular formula is C8H16N2O4. The van der Waals surface area contributed by atoms with E-state index < -0.39 is 24.0 Å². The molecule has 6 heteroatoms. The number of carboxylic acids is 1. The maximum atomic E-state index is 11.2. The van der Waals surface area contributed by atoms with Crippen molar-refractivity contribution in [3.8, 4) is 0 Å². The molecule has 0 fully saturated rings. The van der Waals surface area contributed by atoms with Gasteiger partial charge in [0, 0.05) is 13.0 Å². The molecule has 1 unspecified atom stereocenters. The van der Waals surface area contributed by atoms with Crippen LogP contribution in [0.1, 0.15) is 19.8 Å². The third kappa shape index (κ3) is 4.20. The van der Waals surface area contributed by atoms with Crippen molar-refractivity contribution in [2.45, 2.75) is 31.8 Å². The highest BCUT2D eigenvalue weighted by atomic mass is 16.4. The van der Waals surface area contributed by atoms with Gasteiger partial charge in [-0.05, 0) is 6.42 Å². The van der Waals surface area contributed by atoms with Crippen LogP contribution in [0.4, 0.5) is 0 Å². The van der Waals surface area contributed by atoms with E-state index in [0.717, 1.165) is 0 Å². The van der Waals surface area contributed by atoms with E-state index in [1.807, 2.05) is 0 Å². The van der Waals surface area contributed by atoms with E-state index in [2.05, 4.69) is 5.32 Å². The Balaban J connectivity index is 4.15. The lowest BCUT2D eigenvalue weighted by Gasteiger charge is -2.15. The number of carboxylic acid groups (broad SMARTS) is 1. The van der Waals surface area contributed by atoms with Gasteiger partial charge in [0.05, 0.1) is 6.04 Å². The van der Waals surface area contributed by atoms with Crippen LogP contribution in [-0.4, -0.2) is 40.8 Å². The highest BCUT2D eigenvalue weighted by Crippen LogP contribution is 1.94. The van der Waals surface area contributed by atoms with E-state index in [1.54, 1.807) is 6.92 Å². The molecule has 0 aromatic heterocycles. The average molecular weight is 204 g/mol. The number of aliphatic hydroxyl groups is 1. The van der Waals surface area contributed by atoms with Gasteiger partial charge >= 0.3 is 5.97 Å². The van der Waals surface area contributed by atoms with Gasteiger partial charge in [0.2, 0.25) is 5.91 Å². The minimum absolute atomic E-state index is 0.0164. The Kier molecular flexibility index (Phi) is 5.82. The minimum atomic E-state index is -1.17. The standard InChI is InChI=1S/C8H16N2O4/c1-2-5(9)7(12)10-6(3-4-11)8(13)14/h5-6,11H,2-4,9H2,1H3,(H,10,12)(H,13,14)/t5?,6-/m0/s1. The molecule has 0 aromatic rings. The number of carbonyl (C=O) groups is 2. The largest absolute Gasteiger partial charge is 0.480 e. The molecule has 5 N–H and O–H groups in total. The number of hydrogen-bond donors (Lipinski definition) is 4. The van der Waals surface area contributed by atoms with E-state index in [4.69, 9.17) is 15.9 Å². The number of hydrogen-bond acceptors (Lipinski definition) is 4. The molecule has 0 rings (SSSR count). The number of carbonyl (C=O) groups excluding carboxylic acids is 1. The van der Waals surface area contributed by atoms with Gasteiger partial charge in [0.15, 0.2) is 0 Å². The lowest BCUT2D eigenvalue weighted by molar-refractivity contribution is -0.142. The summed E-state index contributed by atoms with van der Waals surface area (Å²) in [5.41, 5.74) is 5.39. The van der Waals surface area contributed by atoms with Gasteiger partial charge in [-0.2, -0.15) is 0 Å². The Morgan fingerprint density at radius 2 is 2.07 bits per heavy atom. The summed E-state index contributed by atoms with van der Waals surface area (Å²) in [6, 6.07) is -1.76. The fraction of sp³-hybridized carbons (Fsp3) is 0.750. The van der Waals surface area contributed by atoms with Crippen LogP contribution >= 0.6 is 0 Å². The second kappa shape index (κ2) is 6.33. The normalized spacial score (nSPS) is 14.5. The minimum Gasteiger partial charge on any atom is -0.480 e. The number of aliphatic carboxylic acids is 1. The van der Waals surface area contributed by atoms with Crippen LogP contribution in [0.5, 0.6) is 0 Å². The lowest BCUT2D eigenvalue weighted by Crippen LogP contribution is -2.48. The molecule has 0 aliphatic carbocycles. The van der Waals surface area contributed by atoms with Crippen LogP contribution in [0.3, 0.4) is 0 Å². The van der Waals surface area contributed by atoms with Crippen molar-refractivity contribution >= 4 is 11.9 Å². The molecule has 14 heavy (non-hydrogen) atoms. The summed E-state index contributed by atoms with van der Waals surface area (Å²) >= 11 is 0. The van der Waals surface area contributed by atoms with Crippen molar-refractivity contribution < 1.29 is 19.8 Å². The zero-order valence-corrected chi connectivity index (χ0v) is 8.06. The summed E-state index contributed by atoms with van der Waals surface area (Å²) in [6.45, 7) is 1.44. The molecule has 0 heterocycles. The van der Waals surface area contributed by atoms with Gasteiger partial charge < -0.3 is 21.3 Å². The molecular weight excluding hydrogens is 188 g/mol. The van der Waals surface area contributed by atoms with Crippen molar-refractivity contribution in [1.82, 2.24) is 5.32 Å². The van der Waals surface area contributed by atoms with Crippen LogP contribution < -0.4 is 11.1 Å². The smallest absolute Gasteiger partial charge is 0.326 e. The highest BCUT2D eigenvalue weighted by molar-refractivity contribution is 5.86. The molecule has 6 nitrogen and oxygen atoms in total. The topological polar surface area (TPSA) is 113 Å². The highest BCUT2D eigenvalue weighted by Gasteiger charge is 2.21. The number of rotatable bonds is 6. The second-order valence-electron chi connectivity index (χ2n) is 2.93. The Morgan fingerprint density at radius 1 is 1.50 bits per heavy atom. The fourth-order valence-corrected chi connectivity index (χ4v) is 0.851. The Hall–Kier alpha value is -1.14. The third-order valence-corrected chi connectivity index (χ3v) is 1.81.